The van der Waals surface area contributed by atoms with Crippen molar-refractivity contribution in [1.29, 1.82) is 0 Å². The van der Waals surface area contributed by atoms with Crippen LogP contribution in [0.3, 0.4) is 0 Å². The minimum absolute atomic E-state index is 0.107. The number of rotatable bonds is 6. The van der Waals surface area contributed by atoms with Crippen LogP contribution in [0.25, 0.3) is 0 Å². The summed E-state index contributed by atoms with van der Waals surface area (Å²) in [5.41, 5.74) is -0.161. The maximum atomic E-state index is 12.3. The van der Waals surface area contributed by atoms with Gasteiger partial charge in [0.05, 0.1) is 6.54 Å². The fourth-order valence-electron chi connectivity index (χ4n) is 2.03. The standard InChI is InChI=1S/C15H19N5O4/c1-4-7-20-14(22)6-5-11(17-20)15(23)19(3)9-13(21)16-12-8-10(2)24-18-12/h5-6,8H,4,7,9H2,1-3H3,(H,16,18,21). The van der Waals surface area contributed by atoms with Gasteiger partial charge in [-0.05, 0) is 19.4 Å². The third-order valence-electron chi connectivity index (χ3n) is 3.14. The van der Waals surface area contributed by atoms with Crippen molar-refractivity contribution < 1.29 is 14.1 Å². The molecule has 0 spiro atoms. The van der Waals surface area contributed by atoms with E-state index in [1.165, 1.54) is 28.8 Å². The van der Waals surface area contributed by atoms with Crippen LogP contribution >= 0.6 is 0 Å². The second-order valence-corrected chi connectivity index (χ2v) is 5.31. The lowest BCUT2D eigenvalue weighted by Crippen LogP contribution is -2.36. The van der Waals surface area contributed by atoms with Gasteiger partial charge in [-0.1, -0.05) is 12.1 Å². The Morgan fingerprint density at radius 3 is 2.75 bits per heavy atom. The lowest BCUT2D eigenvalue weighted by atomic mass is 10.3. The number of carbonyl (C=O) groups is 2. The van der Waals surface area contributed by atoms with Crippen molar-refractivity contribution in [3.8, 4) is 0 Å². The van der Waals surface area contributed by atoms with E-state index in [0.29, 0.717) is 12.3 Å². The molecule has 2 heterocycles. The van der Waals surface area contributed by atoms with Crippen LogP contribution in [0.4, 0.5) is 5.82 Å². The fourth-order valence-corrected chi connectivity index (χ4v) is 2.03. The molecule has 0 aliphatic heterocycles. The monoisotopic (exact) mass is 333 g/mol. The first kappa shape index (κ1) is 17.4. The summed E-state index contributed by atoms with van der Waals surface area (Å²) in [6.45, 7) is 3.86. The molecule has 0 unspecified atom stereocenters. The Morgan fingerprint density at radius 2 is 2.12 bits per heavy atom. The van der Waals surface area contributed by atoms with E-state index in [2.05, 4.69) is 15.6 Å². The van der Waals surface area contributed by atoms with Gasteiger partial charge in [0.15, 0.2) is 5.82 Å². The van der Waals surface area contributed by atoms with Crippen molar-refractivity contribution in [2.75, 3.05) is 18.9 Å². The zero-order chi connectivity index (χ0) is 17.7. The Hall–Kier alpha value is -2.97. The number of likely N-dealkylation sites (N-methyl/N-ethyl adjacent to an activating group) is 1. The first-order valence-corrected chi connectivity index (χ1v) is 7.47. The number of nitrogens with zero attached hydrogens (tertiary/aromatic N) is 4. The summed E-state index contributed by atoms with van der Waals surface area (Å²) in [6, 6.07) is 4.22. The van der Waals surface area contributed by atoms with Gasteiger partial charge in [-0.2, -0.15) is 5.10 Å². The maximum absolute atomic E-state index is 12.3. The van der Waals surface area contributed by atoms with Crippen LogP contribution in [0.2, 0.25) is 0 Å². The Morgan fingerprint density at radius 1 is 1.38 bits per heavy atom. The molecule has 2 rings (SSSR count). The molecule has 0 aromatic carbocycles. The molecule has 2 amide bonds. The number of amides is 2. The van der Waals surface area contributed by atoms with Crippen molar-refractivity contribution in [3.05, 3.63) is 40.0 Å². The van der Waals surface area contributed by atoms with Crippen LogP contribution in [0.1, 0.15) is 29.6 Å². The molecule has 24 heavy (non-hydrogen) atoms. The normalized spacial score (nSPS) is 10.5. The highest BCUT2D eigenvalue weighted by atomic mass is 16.5. The van der Waals surface area contributed by atoms with Crippen molar-refractivity contribution in [2.24, 2.45) is 0 Å². The van der Waals surface area contributed by atoms with E-state index >= 15 is 0 Å². The van der Waals surface area contributed by atoms with Gasteiger partial charge in [0.25, 0.3) is 11.5 Å². The molecule has 0 fully saturated rings. The minimum Gasteiger partial charge on any atom is -0.360 e. The zero-order valence-electron chi connectivity index (χ0n) is 13.8. The van der Waals surface area contributed by atoms with Crippen molar-refractivity contribution >= 4 is 17.6 Å². The molecule has 0 aliphatic rings. The van der Waals surface area contributed by atoms with Crippen LogP contribution < -0.4 is 10.9 Å². The lowest BCUT2D eigenvalue weighted by molar-refractivity contribution is -0.116. The molecule has 2 aromatic rings. The molecule has 128 valence electrons. The highest BCUT2D eigenvalue weighted by Gasteiger charge is 2.18. The zero-order valence-corrected chi connectivity index (χ0v) is 13.8. The Bertz CT molecular complexity index is 795. The molecule has 0 atom stereocenters. The lowest BCUT2D eigenvalue weighted by Gasteiger charge is -2.16. The molecule has 0 bridgehead atoms. The predicted octanol–water partition coefficient (Wildman–Crippen LogP) is 0.660. The molecular weight excluding hydrogens is 314 g/mol. The molecule has 9 nitrogen and oxygen atoms in total. The molecule has 9 heteroatoms. The first-order chi connectivity index (χ1) is 11.4. The Labute approximate surface area is 138 Å². The second-order valence-electron chi connectivity index (χ2n) is 5.31. The molecular formula is C15H19N5O4. The van der Waals surface area contributed by atoms with Crippen molar-refractivity contribution in [2.45, 2.75) is 26.8 Å². The summed E-state index contributed by atoms with van der Waals surface area (Å²) in [5, 5.41) is 10.2. The molecule has 0 radical (unpaired) electrons. The van der Waals surface area contributed by atoms with Gasteiger partial charge < -0.3 is 14.7 Å². The van der Waals surface area contributed by atoms with Crippen LogP contribution in [0.5, 0.6) is 0 Å². The van der Waals surface area contributed by atoms with E-state index in [0.717, 1.165) is 6.42 Å². The minimum atomic E-state index is -0.452. The van der Waals surface area contributed by atoms with Crippen LogP contribution in [0.15, 0.2) is 27.5 Å². The van der Waals surface area contributed by atoms with Gasteiger partial charge in [0, 0.05) is 25.7 Å². The van der Waals surface area contributed by atoms with Crippen molar-refractivity contribution in [3.63, 3.8) is 0 Å². The molecule has 0 saturated carbocycles. The van der Waals surface area contributed by atoms with Gasteiger partial charge in [0.1, 0.15) is 11.5 Å². The topological polar surface area (TPSA) is 110 Å². The maximum Gasteiger partial charge on any atom is 0.274 e. The average Bonchev–Trinajstić information content (AvgIpc) is 2.93. The van der Waals surface area contributed by atoms with E-state index in [1.54, 1.807) is 13.0 Å². The number of hydrogen-bond donors (Lipinski definition) is 1. The van der Waals surface area contributed by atoms with Crippen LogP contribution in [-0.2, 0) is 11.3 Å². The Balaban J connectivity index is 2.02. The third kappa shape index (κ3) is 4.28. The van der Waals surface area contributed by atoms with E-state index in [4.69, 9.17) is 4.52 Å². The number of aryl methyl sites for hydroxylation is 2. The molecule has 2 aromatic heterocycles. The SMILES string of the molecule is CCCn1nc(C(=O)N(C)CC(=O)Nc2cc(C)on2)ccc1=O. The van der Waals surface area contributed by atoms with Gasteiger partial charge in [0.2, 0.25) is 5.91 Å². The van der Waals surface area contributed by atoms with Gasteiger partial charge in [-0.15, -0.1) is 0 Å². The number of anilines is 1. The van der Waals surface area contributed by atoms with Crippen LogP contribution in [-0.4, -0.2) is 45.2 Å². The molecule has 0 aliphatic carbocycles. The Kier molecular flexibility index (Phi) is 5.46. The van der Waals surface area contributed by atoms with Crippen molar-refractivity contribution in [1.82, 2.24) is 19.8 Å². The smallest absolute Gasteiger partial charge is 0.274 e. The number of carbonyl (C=O) groups excluding carboxylic acids is 2. The predicted molar refractivity (Wildman–Crippen MR) is 85.6 cm³/mol. The highest BCUT2D eigenvalue weighted by molar-refractivity contribution is 5.97. The van der Waals surface area contributed by atoms with E-state index in [-0.39, 0.29) is 23.6 Å². The van der Waals surface area contributed by atoms with E-state index in [1.807, 2.05) is 6.92 Å². The molecule has 1 N–H and O–H groups in total. The number of aromatic nitrogens is 3. The summed E-state index contributed by atoms with van der Waals surface area (Å²) in [5.74, 6) is -0.0163. The fraction of sp³-hybridized carbons (Fsp3) is 0.400. The van der Waals surface area contributed by atoms with E-state index < -0.39 is 11.8 Å². The summed E-state index contributed by atoms with van der Waals surface area (Å²) in [6.07, 6.45) is 0.722. The summed E-state index contributed by atoms with van der Waals surface area (Å²) in [7, 11) is 1.48. The first-order valence-electron chi connectivity index (χ1n) is 7.47. The van der Waals surface area contributed by atoms with Crippen LogP contribution in [0, 0.1) is 6.92 Å². The highest BCUT2D eigenvalue weighted by Crippen LogP contribution is 2.07. The van der Waals surface area contributed by atoms with Gasteiger partial charge >= 0.3 is 0 Å². The number of nitrogens with one attached hydrogen (secondary N) is 1. The summed E-state index contributed by atoms with van der Waals surface area (Å²) >= 11 is 0. The third-order valence-corrected chi connectivity index (χ3v) is 3.14. The average molecular weight is 333 g/mol. The summed E-state index contributed by atoms with van der Waals surface area (Å²) < 4.78 is 6.08. The quantitative estimate of drug-likeness (QED) is 0.831. The number of hydrogen-bond acceptors (Lipinski definition) is 6. The largest absolute Gasteiger partial charge is 0.360 e. The van der Waals surface area contributed by atoms with E-state index in [9.17, 15) is 14.4 Å². The van der Waals surface area contributed by atoms with Gasteiger partial charge in [-0.25, -0.2) is 4.68 Å². The second kappa shape index (κ2) is 7.53. The van der Waals surface area contributed by atoms with Gasteiger partial charge in [-0.3, -0.25) is 14.4 Å². The summed E-state index contributed by atoms with van der Waals surface area (Å²) in [4.78, 5) is 37.1. The molecule has 0 saturated heterocycles.